The molecular formula is C25H29N5O2. The van der Waals surface area contributed by atoms with Crippen molar-refractivity contribution >= 4 is 27.8 Å². The van der Waals surface area contributed by atoms with Crippen LogP contribution in [0.1, 0.15) is 44.7 Å². The van der Waals surface area contributed by atoms with Crippen LogP contribution in [0.15, 0.2) is 55.1 Å². The first-order valence-electron chi connectivity index (χ1n) is 11.2. The zero-order valence-electron chi connectivity index (χ0n) is 18.5. The maximum Gasteiger partial charge on any atom is 0.160 e. The second kappa shape index (κ2) is 8.15. The summed E-state index contributed by atoms with van der Waals surface area (Å²) in [5, 5.41) is 12.4. The molecule has 0 spiro atoms. The van der Waals surface area contributed by atoms with Crippen molar-refractivity contribution in [1.29, 1.82) is 0 Å². The number of pyridine rings is 1. The highest BCUT2D eigenvalue weighted by Crippen LogP contribution is 2.42. The van der Waals surface area contributed by atoms with Gasteiger partial charge in [-0.2, -0.15) is 0 Å². The van der Waals surface area contributed by atoms with Gasteiger partial charge in [0.1, 0.15) is 17.8 Å². The van der Waals surface area contributed by atoms with Crippen molar-refractivity contribution < 1.29 is 9.84 Å². The monoisotopic (exact) mass is 431 g/mol. The Hall–Kier alpha value is -3.03. The van der Waals surface area contributed by atoms with Gasteiger partial charge in [0, 0.05) is 17.8 Å². The first-order chi connectivity index (χ1) is 15.4. The van der Waals surface area contributed by atoms with Crippen molar-refractivity contribution in [3.05, 3.63) is 60.7 Å². The molecule has 3 heterocycles. The number of hydrogen-bond donors (Lipinski definition) is 2. The van der Waals surface area contributed by atoms with Crippen LogP contribution in [0, 0.1) is 5.92 Å². The number of aromatic nitrogens is 4. The third kappa shape index (κ3) is 4.18. The molecule has 32 heavy (non-hydrogen) atoms. The van der Waals surface area contributed by atoms with Crippen LogP contribution in [0.3, 0.4) is 0 Å². The quantitative estimate of drug-likeness (QED) is 0.443. The Bertz CT molecular complexity index is 1250. The molecule has 1 aromatic carbocycles. The molecule has 3 N–H and O–H groups in total. The molecule has 7 heteroatoms. The van der Waals surface area contributed by atoms with Crippen molar-refractivity contribution in [2.45, 2.75) is 57.5 Å². The largest absolute Gasteiger partial charge is 0.383 e. The molecule has 166 valence electrons. The van der Waals surface area contributed by atoms with Crippen LogP contribution in [-0.2, 0) is 11.2 Å². The fourth-order valence-electron chi connectivity index (χ4n) is 5.00. The van der Waals surface area contributed by atoms with Crippen LogP contribution in [0.25, 0.3) is 21.9 Å². The molecule has 1 aliphatic carbocycles. The molecule has 1 saturated carbocycles. The van der Waals surface area contributed by atoms with E-state index in [1.807, 2.05) is 24.5 Å². The van der Waals surface area contributed by atoms with Gasteiger partial charge in [0.15, 0.2) is 5.79 Å². The standard InChI is InChI=1S/C25H29N5O2/c1-25(2,31)32-22-14-17(6-5-16-7-8-18-4-3-10-27-20(18)12-16)13-21(22)30-11-9-19-23(26)28-15-29-24(19)30/h3-4,7-12,15,17,21-22,31H,5-6,13-14H2,1-2H3,(H2,26,28,29)/t17-,21+,22+/m0/s1. The Morgan fingerprint density at radius 3 is 2.88 bits per heavy atom. The van der Waals surface area contributed by atoms with E-state index in [2.05, 4.69) is 43.8 Å². The number of aryl methyl sites for hydroxylation is 1. The second-order valence-electron chi connectivity index (χ2n) is 9.30. The Morgan fingerprint density at radius 1 is 1.16 bits per heavy atom. The molecule has 0 aliphatic heterocycles. The third-order valence-electron chi connectivity index (χ3n) is 6.42. The van der Waals surface area contributed by atoms with Gasteiger partial charge < -0.3 is 20.1 Å². The smallest absolute Gasteiger partial charge is 0.160 e. The molecule has 0 unspecified atom stereocenters. The lowest BCUT2D eigenvalue weighted by Gasteiger charge is -2.28. The summed E-state index contributed by atoms with van der Waals surface area (Å²) in [6.45, 7) is 3.38. The number of rotatable bonds is 6. The lowest BCUT2D eigenvalue weighted by molar-refractivity contribution is -0.210. The molecule has 4 aromatic rings. The van der Waals surface area contributed by atoms with Crippen LogP contribution < -0.4 is 5.73 Å². The van der Waals surface area contributed by atoms with Gasteiger partial charge in [-0.1, -0.05) is 18.2 Å². The molecular weight excluding hydrogens is 402 g/mol. The van der Waals surface area contributed by atoms with Crippen molar-refractivity contribution in [2.24, 2.45) is 5.92 Å². The molecule has 0 radical (unpaired) electrons. The predicted octanol–water partition coefficient (Wildman–Crippen LogP) is 4.26. The molecule has 0 bridgehead atoms. The number of benzene rings is 1. The van der Waals surface area contributed by atoms with E-state index >= 15 is 0 Å². The summed E-state index contributed by atoms with van der Waals surface area (Å²) in [7, 11) is 0. The fraction of sp³-hybridized carbons (Fsp3) is 0.400. The minimum absolute atomic E-state index is 0.0801. The molecule has 1 aliphatic rings. The van der Waals surface area contributed by atoms with E-state index in [-0.39, 0.29) is 12.1 Å². The topological polar surface area (TPSA) is 99.1 Å². The van der Waals surface area contributed by atoms with Crippen LogP contribution in [-0.4, -0.2) is 36.5 Å². The van der Waals surface area contributed by atoms with Crippen molar-refractivity contribution in [1.82, 2.24) is 19.5 Å². The minimum atomic E-state index is -1.20. The van der Waals surface area contributed by atoms with E-state index < -0.39 is 5.79 Å². The summed E-state index contributed by atoms with van der Waals surface area (Å²) in [5.74, 6) is -0.240. The number of fused-ring (bicyclic) bond motifs is 2. The number of hydrogen-bond acceptors (Lipinski definition) is 6. The lowest BCUT2D eigenvalue weighted by Crippen LogP contribution is -2.33. The molecule has 1 fully saturated rings. The van der Waals surface area contributed by atoms with E-state index in [0.717, 1.165) is 47.6 Å². The maximum absolute atomic E-state index is 10.4. The van der Waals surface area contributed by atoms with Crippen molar-refractivity contribution in [2.75, 3.05) is 5.73 Å². The van der Waals surface area contributed by atoms with Gasteiger partial charge in [0.25, 0.3) is 0 Å². The average Bonchev–Trinajstić information content (AvgIpc) is 3.35. The molecule has 0 amide bonds. The summed E-state index contributed by atoms with van der Waals surface area (Å²) in [6.07, 6.45) is 9.13. The zero-order valence-corrected chi connectivity index (χ0v) is 18.5. The average molecular weight is 432 g/mol. The number of nitrogens with two attached hydrogens (primary N) is 1. The lowest BCUT2D eigenvalue weighted by atomic mass is 9.97. The molecule has 3 aromatic heterocycles. The normalized spacial score (nSPS) is 21.5. The number of nitrogen functional groups attached to an aromatic ring is 1. The van der Waals surface area contributed by atoms with Crippen molar-refractivity contribution in [3.63, 3.8) is 0 Å². The number of nitrogens with zero attached hydrogens (tertiary/aromatic N) is 4. The second-order valence-corrected chi connectivity index (χ2v) is 9.30. The molecule has 0 saturated heterocycles. The fourth-order valence-corrected chi connectivity index (χ4v) is 5.00. The Labute approximate surface area is 187 Å². The van der Waals surface area contributed by atoms with Gasteiger partial charge >= 0.3 is 0 Å². The Morgan fingerprint density at radius 2 is 2.03 bits per heavy atom. The Kier molecular flexibility index (Phi) is 5.31. The van der Waals surface area contributed by atoms with E-state index in [0.29, 0.717) is 11.7 Å². The van der Waals surface area contributed by atoms with Gasteiger partial charge in [-0.05, 0) is 69.2 Å². The predicted molar refractivity (Wildman–Crippen MR) is 125 cm³/mol. The van der Waals surface area contributed by atoms with E-state index in [4.69, 9.17) is 10.5 Å². The summed E-state index contributed by atoms with van der Waals surface area (Å²) in [5.41, 5.74) is 9.19. The Balaban J connectivity index is 1.36. The van der Waals surface area contributed by atoms with Gasteiger partial charge in [0.2, 0.25) is 0 Å². The zero-order chi connectivity index (χ0) is 22.3. The van der Waals surface area contributed by atoms with E-state index in [1.54, 1.807) is 13.8 Å². The minimum Gasteiger partial charge on any atom is -0.383 e. The SMILES string of the molecule is CC(C)(O)O[C@@H]1C[C@@H](CCc2ccc3cccnc3c2)C[C@H]1n1ccc2c(N)ncnc21. The number of anilines is 1. The number of ether oxygens (including phenoxy) is 1. The van der Waals surface area contributed by atoms with Crippen molar-refractivity contribution in [3.8, 4) is 0 Å². The van der Waals surface area contributed by atoms with Crippen LogP contribution in [0.2, 0.25) is 0 Å². The molecule has 3 atom stereocenters. The summed E-state index contributed by atoms with van der Waals surface area (Å²) in [4.78, 5) is 13.1. The van der Waals surface area contributed by atoms with Gasteiger partial charge in [-0.3, -0.25) is 4.98 Å². The first kappa shape index (κ1) is 20.8. The maximum atomic E-state index is 10.4. The number of aliphatic hydroxyl groups is 1. The highest BCUT2D eigenvalue weighted by Gasteiger charge is 2.39. The highest BCUT2D eigenvalue weighted by atomic mass is 16.6. The van der Waals surface area contributed by atoms with Crippen LogP contribution in [0.4, 0.5) is 5.82 Å². The van der Waals surface area contributed by atoms with Gasteiger partial charge in [0.05, 0.1) is 23.0 Å². The third-order valence-corrected chi connectivity index (χ3v) is 6.42. The van der Waals surface area contributed by atoms with E-state index in [1.165, 1.54) is 11.9 Å². The van der Waals surface area contributed by atoms with Crippen LogP contribution in [0.5, 0.6) is 0 Å². The van der Waals surface area contributed by atoms with Crippen LogP contribution >= 0.6 is 0 Å². The summed E-state index contributed by atoms with van der Waals surface area (Å²) < 4.78 is 8.25. The highest BCUT2D eigenvalue weighted by molar-refractivity contribution is 5.86. The van der Waals surface area contributed by atoms with E-state index in [9.17, 15) is 5.11 Å². The van der Waals surface area contributed by atoms with Gasteiger partial charge in [-0.15, -0.1) is 0 Å². The summed E-state index contributed by atoms with van der Waals surface area (Å²) >= 11 is 0. The first-order valence-corrected chi connectivity index (χ1v) is 11.2. The van der Waals surface area contributed by atoms with Gasteiger partial charge in [-0.25, -0.2) is 9.97 Å². The summed E-state index contributed by atoms with van der Waals surface area (Å²) in [6, 6.07) is 12.6. The molecule has 7 nitrogen and oxygen atoms in total. The molecule has 5 rings (SSSR count).